The second kappa shape index (κ2) is 7.05. The molecule has 6 nitrogen and oxygen atoms in total. The lowest BCUT2D eigenvalue weighted by atomic mass is 9.79. The molecule has 164 valence electrons. The summed E-state index contributed by atoms with van der Waals surface area (Å²) in [5.41, 5.74) is 1.73. The van der Waals surface area contributed by atoms with Crippen molar-refractivity contribution in [3.8, 4) is 5.75 Å². The number of hydrogen-bond acceptors (Lipinski definition) is 5. The van der Waals surface area contributed by atoms with Crippen LogP contribution in [0.25, 0.3) is 6.08 Å². The average molecular weight is 431 g/mol. The highest BCUT2D eigenvalue weighted by molar-refractivity contribution is 6.25. The van der Waals surface area contributed by atoms with E-state index >= 15 is 0 Å². The largest absolute Gasteiger partial charge is 0.497 e. The molecule has 3 aliphatic rings. The molecule has 0 bridgehead atoms. The molecular formula is C26H26N2O4. The highest BCUT2D eigenvalue weighted by Crippen LogP contribution is 2.50. The van der Waals surface area contributed by atoms with Gasteiger partial charge in [0.25, 0.3) is 0 Å². The van der Waals surface area contributed by atoms with Crippen molar-refractivity contribution in [2.75, 3.05) is 16.9 Å². The van der Waals surface area contributed by atoms with Gasteiger partial charge in [-0.15, -0.1) is 0 Å². The van der Waals surface area contributed by atoms with Gasteiger partial charge in [-0.2, -0.15) is 0 Å². The summed E-state index contributed by atoms with van der Waals surface area (Å²) in [5, 5.41) is 0. The number of hydrogen-bond donors (Lipinski definition) is 0. The topological polar surface area (TPSA) is 66.9 Å². The molecule has 2 amide bonds. The van der Waals surface area contributed by atoms with Gasteiger partial charge in [0.05, 0.1) is 30.7 Å². The van der Waals surface area contributed by atoms with E-state index in [9.17, 15) is 14.4 Å². The van der Waals surface area contributed by atoms with Gasteiger partial charge in [-0.25, -0.2) is 4.90 Å². The maximum atomic E-state index is 13.7. The maximum absolute atomic E-state index is 13.7. The number of methoxy groups -OCH3 is 1. The van der Waals surface area contributed by atoms with Crippen molar-refractivity contribution in [1.29, 1.82) is 0 Å². The van der Waals surface area contributed by atoms with Crippen LogP contribution in [0.5, 0.6) is 5.75 Å². The third-order valence-electron chi connectivity index (χ3n) is 6.75. The minimum Gasteiger partial charge on any atom is -0.497 e. The van der Waals surface area contributed by atoms with Crippen LogP contribution in [0.4, 0.5) is 11.4 Å². The summed E-state index contributed by atoms with van der Waals surface area (Å²) in [5.74, 6) is -1.28. The molecule has 3 aliphatic heterocycles. The fourth-order valence-corrected chi connectivity index (χ4v) is 5.24. The molecule has 0 aliphatic carbocycles. The Balaban J connectivity index is 1.62. The third kappa shape index (κ3) is 2.82. The number of benzene rings is 2. The molecular weight excluding hydrogens is 404 g/mol. The zero-order valence-corrected chi connectivity index (χ0v) is 18.6. The van der Waals surface area contributed by atoms with E-state index in [2.05, 4.69) is 0 Å². The number of fused-ring (bicyclic) bond motifs is 5. The Labute approximate surface area is 187 Å². The van der Waals surface area contributed by atoms with Crippen molar-refractivity contribution in [1.82, 2.24) is 0 Å². The van der Waals surface area contributed by atoms with E-state index in [-0.39, 0.29) is 23.6 Å². The molecule has 2 saturated heterocycles. The van der Waals surface area contributed by atoms with Crippen molar-refractivity contribution >= 4 is 35.0 Å². The molecule has 2 fully saturated rings. The monoisotopic (exact) mass is 430 g/mol. The fraction of sp³-hybridized carbons (Fsp3) is 0.346. The predicted octanol–water partition coefficient (Wildman–Crippen LogP) is 3.70. The first-order chi connectivity index (χ1) is 15.2. The fourth-order valence-electron chi connectivity index (χ4n) is 5.24. The normalized spacial score (nSPS) is 26.1. The lowest BCUT2D eigenvalue weighted by Crippen LogP contribution is -2.51. The SMILES string of the molecule is COc1ccc(N2C(=O)[C@@H]3[C@H](C2=O)[C@H]2C=Cc4ccccc4N2[C@H]3C(=O)C(C)(C)C)cc1. The number of carbonyl (C=O) groups is 3. The molecule has 0 aromatic heterocycles. The summed E-state index contributed by atoms with van der Waals surface area (Å²) in [4.78, 5) is 44.3. The van der Waals surface area contributed by atoms with E-state index in [1.807, 2.05) is 62.1 Å². The van der Waals surface area contributed by atoms with E-state index in [0.717, 1.165) is 11.3 Å². The summed E-state index contributed by atoms with van der Waals surface area (Å²) in [6.45, 7) is 5.60. The van der Waals surface area contributed by atoms with E-state index in [1.165, 1.54) is 4.90 Å². The molecule has 0 N–H and O–H groups in total. The number of nitrogens with zero attached hydrogens (tertiary/aromatic N) is 2. The van der Waals surface area contributed by atoms with Crippen LogP contribution in [0.1, 0.15) is 26.3 Å². The van der Waals surface area contributed by atoms with Gasteiger partial charge >= 0.3 is 0 Å². The van der Waals surface area contributed by atoms with Gasteiger partial charge in [-0.05, 0) is 35.9 Å². The zero-order chi connectivity index (χ0) is 22.8. The number of ketones is 1. The average Bonchev–Trinajstić information content (AvgIpc) is 3.25. The molecule has 0 unspecified atom stereocenters. The summed E-state index contributed by atoms with van der Waals surface area (Å²) < 4.78 is 5.20. The molecule has 6 heteroatoms. The van der Waals surface area contributed by atoms with Gasteiger partial charge in [0.15, 0.2) is 5.78 Å². The van der Waals surface area contributed by atoms with Gasteiger partial charge in [0.1, 0.15) is 11.8 Å². The second-order valence-corrected chi connectivity index (χ2v) is 9.64. The molecule has 4 atom stereocenters. The van der Waals surface area contributed by atoms with Crippen LogP contribution in [0.15, 0.2) is 54.6 Å². The third-order valence-corrected chi connectivity index (χ3v) is 6.75. The number of amides is 2. The smallest absolute Gasteiger partial charge is 0.240 e. The van der Waals surface area contributed by atoms with Gasteiger partial charge in [0, 0.05) is 11.1 Å². The minimum absolute atomic E-state index is 0.0298. The number of carbonyl (C=O) groups excluding carboxylic acids is 3. The Morgan fingerprint density at radius 3 is 2.25 bits per heavy atom. The first-order valence-electron chi connectivity index (χ1n) is 10.9. The lowest BCUT2D eigenvalue weighted by Gasteiger charge is -2.38. The van der Waals surface area contributed by atoms with E-state index in [1.54, 1.807) is 31.4 Å². The van der Waals surface area contributed by atoms with Crippen molar-refractivity contribution in [3.05, 3.63) is 60.2 Å². The number of imide groups is 1. The molecule has 5 rings (SSSR count). The molecule has 0 radical (unpaired) electrons. The highest BCUT2D eigenvalue weighted by Gasteiger charge is 2.64. The molecule has 0 saturated carbocycles. The van der Waals surface area contributed by atoms with Crippen LogP contribution in [0, 0.1) is 17.3 Å². The Morgan fingerprint density at radius 2 is 1.59 bits per heavy atom. The number of ether oxygens (including phenoxy) is 1. The second-order valence-electron chi connectivity index (χ2n) is 9.64. The Hall–Kier alpha value is -3.41. The van der Waals surface area contributed by atoms with Crippen LogP contribution in [-0.4, -0.2) is 36.8 Å². The van der Waals surface area contributed by atoms with Crippen molar-refractivity contribution in [2.24, 2.45) is 17.3 Å². The van der Waals surface area contributed by atoms with Crippen LogP contribution in [0.2, 0.25) is 0 Å². The Bertz CT molecular complexity index is 1150. The quantitative estimate of drug-likeness (QED) is 0.695. The molecule has 2 aromatic rings. The van der Waals surface area contributed by atoms with Crippen molar-refractivity contribution < 1.29 is 19.1 Å². The van der Waals surface area contributed by atoms with E-state index < -0.39 is 23.3 Å². The van der Waals surface area contributed by atoms with E-state index in [0.29, 0.717) is 11.4 Å². The van der Waals surface area contributed by atoms with Crippen LogP contribution < -0.4 is 14.5 Å². The molecule has 2 aromatic carbocycles. The molecule has 32 heavy (non-hydrogen) atoms. The predicted molar refractivity (Wildman–Crippen MR) is 122 cm³/mol. The summed E-state index contributed by atoms with van der Waals surface area (Å²) >= 11 is 0. The lowest BCUT2D eigenvalue weighted by molar-refractivity contribution is -0.132. The Morgan fingerprint density at radius 1 is 0.938 bits per heavy atom. The number of Topliss-reactive ketones (excluding diaryl/α,β-unsaturated/α-hetero) is 1. The van der Waals surface area contributed by atoms with Crippen molar-refractivity contribution in [2.45, 2.75) is 32.9 Å². The van der Waals surface area contributed by atoms with Crippen LogP contribution >= 0.6 is 0 Å². The van der Waals surface area contributed by atoms with Gasteiger partial charge in [-0.3, -0.25) is 14.4 Å². The van der Waals surface area contributed by atoms with E-state index in [4.69, 9.17) is 4.74 Å². The van der Waals surface area contributed by atoms with Crippen LogP contribution in [0.3, 0.4) is 0 Å². The van der Waals surface area contributed by atoms with Gasteiger partial charge in [-0.1, -0.05) is 51.1 Å². The van der Waals surface area contributed by atoms with Gasteiger partial charge < -0.3 is 9.64 Å². The zero-order valence-electron chi connectivity index (χ0n) is 18.6. The minimum atomic E-state index is -0.725. The highest BCUT2D eigenvalue weighted by atomic mass is 16.5. The number of para-hydroxylation sites is 1. The summed E-state index contributed by atoms with van der Waals surface area (Å²) in [6, 6.07) is 13.7. The van der Waals surface area contributed by atoms with Crippen LogP contribution in [-0.2, 0) is 14.4 Å². The summed E-state index contributed by atoms with van der Waals surface area (Å²) in [6.07, 6.45) is 3.96. The summed E-state index contributed by atoms with van der Waals surface area (Å²) in [7, 11) is 1.57. The maximum Gasteiger partial charge on any atom is 0.240 e. The first kappa shape index (κ1) is 20.5. The molecule has 3 heterocycles. The Kier molecular flexibility index (Phi) is 4.52. The van der Waals surface area contributed by atoms with Crippen molar-refractivity contribution in [3.63, 3.8) is 0 Å². The standard InChI is InChI=1S/C26H26N2O4/c1-26(2,3)23(29)22-21-20(19-14-9-15-7-5-6-8-18(15)28(19)22)24(30)27(25(21)31)16-10-12-17(32-4)13-11-16/h5-14,19-22H,1-4H3/t19-,20-,21-,22-/m1/s1. The number of rotatable bonds is 3. The first-order valence-corrected chi connectivity index (χ1v) is 10.9. The number of anilines is 2. The van der Waals surface area contributed by atoms with Gasteiger partial charge in [0.2, 0.25) is 11.8 Å². The molecule has 0 spiro atoms.